The first-order valence-electron chi connectivity index (χ1n) is 10.4. The highest BCUT2D eigenvalue weighted by Crippen LogP contribution is 2.25. The molecule has 1 atom stereocenters. The van der Waals surface area contributed by atoms with E-state index in [1.54, 1.807) is 18.4 Å². The number of hydrogen-bond donors (Lipinski definition) is 1. The molecule has 0 saturated heterocycles. The Bertz CT molecular complexity index is 1140. The van der Waals surface area contributed by atoms with Crippen LogP contribution in [0.5, 0.6) is 0 Å². The van der Waals surface area contributed by atoms with E-state index >= 15 is 0 Å². The van der Waals surface area contributed by atoms with E-state index < -0.39 is 0 Å². The van der Waals surface area contributed by atoms with Gasteiger partial charge < -0.3 is 14.2 Å². The first-order chi connectivity index (χ1) is 15.6. The average Bonchev–Trinajstić information content (AvgIpc) is 3.49. The SMILES string of the molecule is C[C@H](c1ccccc1)N(Cc1cccc(Cl)c1)Cc1nc(C(=O)NCc2ccco2)co1. The summed E-state index contributed by atoms with van der Waals surface area (Å²) in [7, 11) is 0. The zero-order valence-electron chi connectivity index (χ0n) is 17.7. The fourth-order valence-electron chi connectivity index (χ4n) is 3.47. The lowest BCUT2D eigenvalue weighted by atomic mass is 10.1. The normalized spacial score (nSPS) is 12.1. The molecule has 1 amide bonds. The summed E-state index contributed by atoms with van der Waals surface area (Å²) in [5.74, 6) is 0.832. The summed E-state index contributed by atoms with van der Waals surface area (Å²) in [5, 5.41) is 3.48. The van der Waals surface area contributed by atoms with E-state index in [1.165, 1.54) is 11.8 Å². The van der Waals surface area contributed by atoms with Gasteiger partial charge in [-0.25, -0.2) is 4.98 Å². The van der Waals surface area contributed by atoms with Gasteiger partial charge in [-0.2, -0.15) is 0 Å². The van der Waals surface area contributed by atoms with Gasteiger partial charge in [-0.1, -0.05) is 54.1 Å². The van der Waals surface area contributed by atoms with Gasteiger partial charge in [0.2, 0.25) is 5.89 Å². The number of amides is 1. The minimum Gasteiger partial charge on any atom is -0.467 e. The molecule has 0 radical (unpaired) electrons. The number of oxazole rings is 1. The molecule has 4 aromatic rings. The molecule has 1 N–H and O–H groups in total. The number of carbonyl (C=O) groups excluding carboxylic acids is 1. The van der Waals surface area contributed by atoms with Crippen molar-refractivity contribution in [2.75, 3.05) is 0 Å². The molecule has 2 aromatic carbocycles. The second kappa shape index (κ2) is 10.3. The maximum atomic E-state index is 12.4. The van der Waals surface area contributed by atoms with Crippen molar-refractivity contribution in [2.24, 2.45) is 0 Å². The molecule has 0 bridgehead atoms. The first kappa shape index (κ1) is 21.9. The highest BCUT2D eigenvalue weighted by molar-refractivity contribution is 6.30. The van der Waals surface area contributed by atoms with Gasteiger partial charge in [0.25, 0.3) is 5.91 Å². The minimum absolute atomic E-state index is 0.0957. The fraction of sp³-hybridized carbons (Fsp3) is 0.200. The van der Waals surface area contributed by atoms with E-state index in [0.29, 0.717) is 36.3 Å². The molecule has 0 aliphatic rings. The third-order valence-corrected chi connectivity index (χ3v) is 5.47. The lowest BCUT2D eigenvalue weighted by Gasteiger charge is -2.28. The van der Waals surface area contributed by atoms with Gasteiger partial charge in [0.15, 0.2) is 5.69 Å². The van der Waals surface area contributed by atoms with Crippen molar-refractivity contribution in [1.29, 1.82) is 0 Å². The molecule has 4 rings (SSSR count). The summed E-state index contributed by atoms with van der Waals surface area (Å²) in [6, 6.07) is 21.7. The summed E-state index contributed by atoms with van der Waals surface area (Å²) < 4.78 is 10.9. The molecular weight excluding hydrogens is 426 g/mol. The Kier molecular flexibility index (Phi) is 7.04. The van der Waals surface area contributed by atoms with Crippen LogP contribution < -0.4 is 5.32 Å². The van der Waals surface area contributed by atoms with Crippen LogP contribution in [-0.2, 0) is 19.6 Å². The van der Waals surface area contributed by atoms with Gasteiger partial charge in [0.1, 0.15) is 12.0 Å². The molecule has 6 nitrogen and oxygen atoms in total. The molecule has 0 spiro atoms. The summed E-state index contributed by atoms with van der Waals surface area (Å²) in [6.45, 7) is 3.52. The Morgan fingerprint density at radius 1 is 1.06 bits per heavy atom. The number of carbonyl (C=O) groups is 1. The average molecular weight is 450 g/mol. The van der Waals surface area contributed by atoms with Gasteiger partial charge in [-0.15, -0.1) is 0 Å². The molecule has 32 heavy (non-hydrogen) atoms. The predicted octanol–water partition coefficient (Wildman–Crippen LogP) is 5.61. The molecule has 2 heterocycles. The van der Waals surface area contributed by atoms with E-state index in [1.807, 2.05) is 42.5 Å². The third kappa shape index (κ3) is 5.66. The van der Waals surface area contributed by atoms with Crippen LogP contribution in [0.3, 0.4) is 0 Å². The quantitative estimate of drug-likeness (QED) is 0.359. The van der Waals surface area contributed by atoms with Gasteiger partial charge in [-0.05, 0) is 42.3 Å². The number of nitrogens with zero attached hydrogens (tertiary/aromatic N) is 2. The smallest absolute Gasteiger partial charge is 0.273 e. The van der Waals surface area contributed by atoms with Crippen molar-refractivity contribution in [3.63, 3.8) is 0 Å². The monoisotopic (exact) mass is 449 g/mol. The lowest BCUT2D eigenvalue weighted by Crippen LogP contribution is -2.27. The van der Waals surface area contributed by atoms with Crippen molar-refractivity contribution >= 4 is 17.5 Å². The summed E-state index contributed by atoms with van der Waals surface area (Å²) in [4.78, 5) is 19.1. The van der Waals surface area contributed by atoms with E-state index in [4.69, 9.17) is 20.4 Å². The molecule has 0 fully saturated rings. The second-order valence-corrected chi connectivity index (χ2v) is 7.95. The first-order valence-corrected chi connectivity index (χ1v) is 10.7. The minimum atomic E-state index is -0.311. The Morgan fingerprint density at radius 3 is 2.66 bits per heavy atom. The number of hydrogen-bond acceptors (Lipinski definition) is 5. The largest absolute Gasteiger partial charge is 0.467 e. The number of benzene rings is 2. The molecular formula is C25H24ClN3O3. The number of nitrogens with one attached hydrogen (secondary N) is 1. The van der Waals surface area contributed by atoms with Crippen molar-refractivity contribution in [3.8, 4) is 0 Å². The van der Waals surface area contributed by atoms with Gasteiger partial charge >= 0.3 is 0 Å². The number of halogens is 1. The maximum Gasteiger partial charge on any atom is 0.273 e. The molecule has 0 aliphatic heterocycles. The molecule has 164 valence electrons. The van der Waals surface area contributed by atoms with Gasteiger partial charge in [-0.3, -0.25) is 9.69 Å². The van der Waals surface area contributed by atoms with Crippen molar-refractivity contribution in [3.05, 3.63) is 113 Å². The van der Waals surface area contributed by atoms with Crippen molar-refractivity contribution < 1.29 is 13.6 Å². The lowest BCUT2D eigenvalue weighted by molar-refractivity contribution is 0.0943. The number of furan rings is 1. The third-order valence-electron chi connectivity index (χ3n) is 5.23. The van der Waals surface area contributed by atoms with Gasteiger partial charge in [0, 0.05) is 17.6 Å². The van der Waals surface area contributed by atoms with Crippen LogP contribution in [0.25, 0.3) is 0 Å². The summed E-state index contributed by atoms with van der Waals surface area (Å²) in [6.07, 6.45) is 2.95. The molecule has 2 aromatic heterocycles. The molecule has 0 saturated carbocycles. The highest BCUT2D eigenvalue weighted by Gasteiger charge is 2.20. The van der Waals surface area contributed by atoms with Crippen LogP contribution in [0.15, 0.2) is 88.1 Å². The number of aromatic nitrogens is 1. The van der Waals surface area contributed by atoms with Crippen LogP contribution in [0.4, 0.5) is 0 Å². The van der Waals surface area contributed by atoms with Crippen molar-refractivity contribution in [1.82, 2.24) is 15.2 Å². The Balaban J connectivity index is 1.48. The maximum absolute atomic E-state index is 12.4. The molecule has 0 aliphatic carbocycles. The summed E-state index contributed by atoms with van der Waals surface area (Å²) >= 11 is 6.19. The van der Waals surface area contributed by atoms with Crippen LogP contribution in [0.2, 0.25) is 5.02 Å². The van der Waals surface area contributed by atoms with E-state index in [0.717, 1.165) is 5.56 Å². The summed E-state index contributed by atoms with van der Waals surface area (Å²) in [5.41, 5.74) is 2.50. The highest BCUT2D eigenvalue weighted by atomic mass is 35.5. The topological polar surface area (TPSA) is 71.5 Å². The Labute approximate surface area is 191 Å². The predicted molar refractivity (Wildman–Crippen MR) is 122 cm³/mol. The fourth-order valence-corrected chi connectivity index (χ4v) is 3.69. The van der Waals surface area contributed by atoms with E-state index in [2.05, 4.69) is 34.3 Å². The Morgan fingerprint density at radius 2 is 1.91 bits per heavy atom. The molecule has 0 unspecified atom stereocenters. The van der Waals surface area contributed by atoms with Crippen LogP contribution in [0, 0.1) is 0 Å². The Hall–Kier alpha value is -3.35. The van der Waals surface area contributed by atoms with Crippen LogP contribution >= 0.6 is 11.6 Å². The van der Waals surface area contributed by atoms with E-state index in [9.17, 15) is 4.79 Å². The number of rotatable bonds is 9. The second-order valence-electron chi connectivity index (χ2n) is 7.51. The standard InChI is InChI=1S/C25H24ClN3O3/c1-18(20-8-3-2-4-9-20)29(15-19-7-5-10-21(26)13-19)16-24-28-23(17-32-24)25(30)27-14-22-11-6-12-31-22/h2-13,17-18H,14-16H2,1H3,(H,27,30)/t18-/m1/s1. The van der Waals surface area contributed by atoms with Crippen LogP contribution in [-0.4, -0.2) is 15.8 Å². The zero-order chi connectivity index (χ0) is 22.3. The van der Waals surface area contributed by atoms with Crippen LogP contribution in [0.1, 0.15) is 46.2 Å². The van der Waals surface area contributed by atoms with Gasteiger partial charge in [0.05, 0.1) is 19.4 Å². The molecule has 7 heteroatoms. The van der Waals surface area contributed by atoms with E-state index in [-0.39, 0.29) is 17.6 Å². The zero-order valence-corrected chi connectivity index (χ0v) is 18.5. The van der Waals surface area contributed by atoms with Crippen molar-refractivity contribution in [2.45, 2.75) is 32.6 Å².